The molecule has 2 amide bonds. The Morgan fingerprint density at radius 2 is 1.62 bits per heavy atom. The summed E-state index contributed by atoms with van der Waals surface area (Å²) in [4.78, 5) is 29.4. The third-order valence-corrected chi connectivity index (χ3v) is 9.10. The summed E-state index contributed by atoms with van der Waals surface area (Å²) < 4.78 is 27.7. The normalized spacial score (nSPS) is 14.5. The summed E-state index contributed by atoms with van der Waals surface area (Å²) in [6.07, 6.45) is 5.28. The third-order valence-electron chi connectivity index (χ3n) is 7.01. The van der Waals surface area contributed by atoms with Crippen molar-refractivity contribution in [3.8, 4) is 0 Å². The molecule has 10 heteroatoms. The molecule has 0 radical (unpaired) electrons. The van der Waals surface area contributed by atoms with Crippen LogP contribution in [0.4, 0.5) is 5.69 Å². The van der Waals surface area contributed by atoms with Crippen LogP contribution in [-0.2, 0) is 32.6 Å². The molecule has 212 valence electrons. The first-order chi connectivity index (χ1) is 19.1. The van der Waals surface area contributed by atoms with Gasteiger partial charge in [-0.25, -0.2) is 8.42 Å². The maximum absolute atomic E-state index is 14.1. The number of benzene rings is 3. The molecule has 1 fully saturated rings. The Bertz CT molecular complexity index is 1410. The van der Waals surface area contributed by atoms with Gasteiger partial charge in [0.15, 0.2) is 0 Å². The number of amides is 2. The molecule has 7 nitrogen and oxygen atoms in total. The van der Waals surface area contributed by atoms with E-state index in [0.717, 1.165) is 50.9 Å². The fourth-order valence-electron chi connectivity index (χ4n) is 4.97. The van der Waals surface area contributed by atoms with Crippen molar-refractivity contribution in [3.63, 3.8) is 0 Å². The van der Waals surface area contributed by atoms with Gasteiger partial charge in [0.2, 0.25) is 21.8 Å². The summed E-state index contributed by atoms with van der Waals surface area (Å²) in [6, 6.07) is 22.8. The lowest BCUT2D eigenvalue weighted by Crippen LogP contribution is -2.54. The Morgan fingerprint density at radius 3 is 2.25 bits per heavy atom. The van der Waals surface area contributed by atoms with E-state index in [1.54, 1.807) is 42.5 Å². The van der Waals surface area contributed by atoms with E-state index in [-0.39, 0.29) is 24.9 Å². The summed E-state index contributed by atoms with van der Waals surface area (Å²) in [5, 5.41) is 3.67. The smallest absolute Gasteiger partial charge is 0.244 e. The maximum Gasteiger partial charge on any atom is 0.244 e. The number of carbonyl (C=O) groups excluding carboxylic acids is 2. The van der Waals surface area contributed by atoms with Gasteiger partial charge in [-0.2, -0.15) is 0 Å². The van der Waals surface area contributed by atoms with Gasteiger partial charge in [0.1, 0.15) is 12.6 Å². The van der Waals surface area contributed by atoms with E-state index in [2.05, 4.69) is 27.9 Å². The minimum absolute atomic E-state index is 0.0632. The molecule has 0 aromatic heterocycles. The third kappa shape index (κ3) is 8.44. The average molecular weight is 694 g/mol. The Morgan fingerprint density at radius 1 is 0.975 bits per heavy atom. The van der Waals surface area contributed by atoms with Gasteiger partial charge >= 0.3 is 0 Å². The first-order valence-corrected chi connectivity index (χ1v) is 16.5. The van der Waals surface area contributed by atoms with Crippen molar-refractivity contribution in [3.05, 3.63) is 98.6 Å². The molecule has 0 aliphatic heterocycles. The molecule has 1 N–H and O–H groups in total. The highest BCUT2D eigenvalue weighted by atomic mass is 127. The Kier molecular flexibility index (Phi) is 10.5. The first-order valence-electron chi connectivity index (χ1n) is 13.2. The van der Waals surface area contributed by atoms with Gasteiger partial charge in [0.25, 0.3) is 0 Å². The van der Waals surface area contributed by atoms with Crippen molar-refractivity contribution in [2.24, 2.45) is 0 Å². The van der Waals surface area contributed by atoms with E-state index in [1.165, 1.54) is 4.90 Å². The van der Waals surface area contributed by atoms with Crippen molar-refractivity contribution >= 4 is 61.7 Å². The van der Waals surface area contributed by atoms with Crippen LogP contribution in [-0.4, -0.2) is 50.0 Å². The van der Waals surface area contributed by atoms with E-state index in [0.29, 0.717) is 10.7 Å². The van der Waals surface area contributed by atoms with Crippen molar-refractivity contribution < 1.29 is 18.0 Å². The monoisotopic (exact) mass is 693 g/mol. The van der Waals surface area contributed by atoms with Gasteiger partial charge in [0, 0.05) is 27.6 Å². The zero-order valence-corrected chi connectivity index (χ0v) is 26.0. The molecule has 0 heterocycles. The highest BCUT2D eigenvalue weighted by Crippen LogP contribution is 2.23. The largest absolute Gasteiger partial charge is 0.352 e. The van der Waals surface area contributed by atoms with Crippen LogP contribution in [0, 0.1) is 3.57 Å². The first kappa shape index (κ1) is 30.3. The number of anilines is 1. The molecule has 1 aliphatic rings. The Hall–Kier alpha value is -2.63. The summed E-state index contributed by atoms with van der Waals surface area (Å²) in [7, 11) is -3.80. The number of carbonyl (C=O) groups is 2. The van der Waals surface area contributed by atoms with Crippen molar-refractivity contribution in [1.82, 2.24) is 10.2 Å². The van der Waals surface area contributed by atoms with Crippen molar-refractivity contribution in [2.45, 2.75) is 50.7 Å². The van der Waals surface area contributed by atoms with Crippen LogP contribution in [0.3, 0.4) is 0 Å². The number of rotatable bonds is 11. The van der Waals surface area contributed by atoms with E-state index < -0.39 is 28.5 Å². The number of halogens is 2. The second kappa shape index (κ2) is 13.8. The Labute approximate surface area is 255 Å². The topological polar surface area (TPSA) is 86.8 Å². The fraction of sp³-hybridized carbons (Fsp3) is 0.333. The highest BCUT2D eigenvalue weighted by molar-refractivity contribution is 14.1. The minimum atomic E-state index is -3.80. The average Bonchev–Trinajstić information content (AvgIpc) is 3.43. The summed E-state index contributed by atoms with van der Waals surface area (Å²) >= 11 is 8.40. The lowest BCUT2D eigenvalue weighted by atomic mass is 10.0. The lowest BCUT2D eigenvalue weighted by molar-refractivity contribution is -0.140. The van der Waals surface area contributed by atoms with Crippen LogP contribution in [0.5, 0.6) is 0 Å². The molecule has 0 unspecified atom stereocenters. The molecule has 40 heavy (non-hydrogen) atoms. The number of hydrogen-bond acceptors (Lipinski definition) is 4. The lowest BCUT2D eigenvalue weighted by Gasteiger charge is -2.34. The van der Waals surface area contributed by atoms with Crippen molar-refractivity contribution in [1.29, 1.82) is 0 Å². The SMILES string of the molecule is CS(=O)(=O)N(CC(=O)N(Cc1cccc(Cl)c1)[C@@H](Cc1ccccc1)C(=O)NC1CCCC1)c1ccc(I)cc1. The van der Waals surface area contributed by atoms with Crippen LogP contribution < -0.4 is 9.62 Å². The molecule has 1 atom stereocenters. The zero-order chi connectivity index (χ0) is 28.7. The van der Waals surface area contributed by atoms with E-state index >= 15 is 0 Å². The number of nitrogens with one attached hydrogen (secondary N) is 1. The van der Waals surface area contributed by atoms with Gasteiger partial charge in [-0.05, 0) is 83.0 Å². The van der Waals surface area contributed by atoms with Crippen LogP contribution >= 0.6 is 34.2 Å². The number of sulfonamides is 1. The van der Waals surface area contributed by atoms with Crippen LogP contribution in [0.1, 0.15) is 36.8 Å². The summed E-state index contributed by atoms with van der Waals surface area (Å²) in [5.41, 5.74) is 2.03. The fourth-order valence-corrected chi connectivity index (χ4v) is 6.40. The van der Waals surface area contributed by atoms with Gasteiger partial charge in [-0.3, -0.25) is 13.9 Å². The molecule has 1 saturated carbocycles. The van der Waals surface area contributed by atoms with E-state index in [1.807, 2.05) is 36.4 Å². The molecule has 3 aromatic carbocycles. The predicted octanol–water partition coefficient (Wildman–Crippen LogP) is 5.41. The summed E-state index contributed by atoms with van der Waals surface area (Å²) in [6.45, 7) is -0.346. The van der Waals surface area contributed by atoms with Gasteiger partial charge in [0.05, 0.1) is 11.9 Å². The summed E-state index contributed by atoms with van der Waals surface area (Å²) in [5.74, 6) is -0.724. The molecule has 0 saturated heterocycles. The number of nitrogens with zero attached hydrogens (tertiary/aromatic N) is 2. The maximum atomic E-state index is 14.1. The molecule has 1 aliphatic carbocycles. The second-order valence-electron chi connectivity index (χ2n) is 10.1. The van der Waals surface area contributed by atoms with Crippen LogP contribution in [0.25, 0.3) is 0 Å². The van der Waals surface area contributed by atoms with Crippen molar-refractivity contribution in [2.75, 3.05) is 17.1 Å². The Balaban J connectivity index is 1.72. The second-order valence-corrected chi connectivity index (χ2v) is 13.7. The van der Waals surface area contributed by atoms with Gasteiger partial charge in [-0.1, -0.05) is 66.9 Å². The van der Waals surface area contributed by atoms with Gasteiger partial charge in [-0.15, -0.1) is 0 Å². The molecule has 0 bridgehead atoms. The number of hydrogen-bond donors (Lipinski definition) is 1. The van der Waals surface area contributed by atoms with Crippen LogP contribution in [0.15, 0.2) is 78.9 Å². The molecule has 4 rings (SSSR count). The molecular weight excluding hydrogens is 661 g/mol. The minimum Gasteiger partial charge on any atom is -0.352 e. The quantitative estimate of drug-likeness (QED) is 0.273. The van der Waals surface area contributed by atoms with E-state index in [4.69, 9.17) is 11.6 Å². The molecule has 3 aromatic rings. The highest BCUT2D eigenvalue weighted by Gasteiger charge is 2.34. The molecular formula is C30H33ClIN3O4S. The zero-order valence-electron chi connectivity index (χ0n) is 22.3. The van der Waals surface area contributed by atoms with Gasteiger partial charge < -0.3 is 10.2 Å². The van der Waals surface area contributed by atoms with Crippen LogP contribution in [0.2, 0.25) is 5.02 Å². The standard InChI is InChI=1S/C30H33ClIN3O4S/c1-40(38,39)35(27-16-14-25(32)15-17-27)21-29(36)34(20-23-10-7-11-24(31)18-23)28(19-22-8-3-2-4-9-22)30(37)33-26-12-5-6-13-26/h2-4,7-11,14-18,26,28H,5-6,12-13,19-21H2,1H3,(H,33,37)/t28-/m0/s1. The predicted molar refractivity (Wildman–Crippen MR) is 168 cm³/mol. The van der Waals surface area contributed by atoms with E-state index in [9.17, 15) is 18.0 Å². The molecule has 0 spiro atoms.